The van der Waals surface area contributed by atoms with Crippen LogP contribution in [0.4, 0.5) is 0 Å². The van der Waals surface area contributed by atoms with Crippen LogP contribution in [0.1, 0.15) is 47.8 Å². The molecule has 1 saturated carbocycles. The first-order valence-electron chi connectivity index (χ1n) is 6.03. The fourth-order valence-electron chi connectivity index (χ4n) is 2.37. The zero-order valence-electron chi connectivity index (χ0n) is 9.95. The first-order chi connectivity index (χ1) is 7.68. The molecule has 0 saturated heterocycles. The Morgan fingerprint density at radius 3 is 2.81 bits per heavy atom. The van der Waals surface area contributed by atoms with Gasteiger partial charge in [-0.3, -0.25) is 4.79 Å². The summed E-state index contributed by atoms with van der Waals surface area (Å²) in [6.07, 6.45) is 4.94. The van der Waals surface area contributed by atoms with E-state index in [9.17, 15) is 4.79 Å². The first kappa shape index (κ1) is 11.6. The molecule has 0 aliphatic heterocycles. The number of rotatable bonds is 2. The Balaban J connectivity index is 1.99. The number of carbonyl (C=O) groups is 1. The van der Waals surface area contributed by atoms with Gasteiger partial charge in [-0.05, 0) is 42.7 Å². The second kappa shape index (κ2) is 5.00. The minimum absolute atomic E-state index is 0.117. The summed E-state index contributed by atoms with van der Waals surface area (Å²) in [5.74, 6) is 0.740. The van der Waals surface area contributed by atoms with Gasteiger partial charge in [0.15, 0.2) is 0 Å². The molecule has 0 spiro atoms. The maximum absolute atomic E-state index is 12.0. The predicted octanol–water partition coefficient (Wildman–Crippen LogP) is 3.37. The molecule has 2 atom stereocenters. The topological polar surface area (TPSA) is 29.1 Å². The number of amides is 1. The largest absolute Gasteiger partial charge is 0.348 e. The molecule has 16 heavy (non-hydrogen) atoms. The number of carbonyl (C=O) groups excluding carboxylic acids is 1. The molecule has 1 aliphatic carbocycles. The lowest BCUT2D eigenvalue weighted by molar-refractivity contribution is 0.0914. The lowest BCUT2D eigenvalue weighted by atomic mass is 9.86. The summed E-state index contributed by atoms with van der Waals surface area (Å²) in [7, 11) is 0. The van der Waals surface area contributed by atoms with Crippen LogP contribution in [0.3, 0.4) is 0 Å². The molecule has 1 aliphatic rings. The molecule has 1 aromatic heterocycles. The fraction of sp³-hybridized carbons (Fsp3) is 0.615. The van der Waals surface area contributed by atoms with Gasteiger partial charge in [0.1, 0.15) is 0 Å². The Hall–Kier alpha value is -0.830. The van der Waals surface area contributed by atoms with Crippen molar-refractivity contribution in [3.05, 3.63) is 21.9 Å². The van der Waals surface area contributed by atoms with E-state index in [0.717, 1.165) is 16.9 Å². The van der Waals surface area contributed by atoms with E-state index in [1.165, 1.54) is 30.6 Å². The van der Waals surface area contributed by atoms with E-state index in [0.29, 0.717) is 12.0 Å². The van der Waals surface area contributed by atoms with Crippen molar-refractivity contribution in [1.82, 2.24) is 5.32 Å². The van der Waals surface area contributed by atoms with Gasteiger partial charge in [0.2, 0.25) is 0 Å². The average molecular weight is 237 g/mol. The van der Waals surface area contributed by atoms with Gasteiger partial charge in [-0.2, -0.15) is 0 Å². The van der Waals surface area contributed by atoms with Crippen molar-refractivity contribution >= 4 is 17.2 Å². The summed E-state index contributed by atoms with van der Waals surface area (Å²) in [5.41, 5.74) is 1.09. The SMILES string of the molecule is Cc1ccsc1C(=O)N[C@H]1CCCC[C@@H]1C. The van der Waals surface area contributed by atoms with E-state index in [-0.39, 0.29) is 5.91 Å². The molecule has 0 bridgehead atoms. The van der Waals surface area contributed by atoms with Gasteiger partial charge in [0.05, 0.1) is 4.88 Å². The average Bonchev–Trinajstić information content (AvgIpc) is 2.68. The summed E-state index contributed by atoms with van der Waals surface area (Å²) in [6, 6.07) is 2.38. The zero-order chi connectivity index (χ0) is 11.5. The molecule has 0 radical (unpaired) electrons. The lowest BCUT2D eigenvalue weighted by Gasteiger charge is -2.29. The fourth-order valence-corrected chi connectivity index (χ4v) is 3.20. The maximum atomic E-state index is 12.0. The molecule has 1 amide bonds. The Morgan fingerprint density at radius 2 is 2.19 bits per heavy atom. The van der Waals surface area contributed by atoms with E-state index in [1.54, 1.807) is 0 Å². The van der Waals surface area contributed by atoms with Crippen LogP contribution in [0.5, 0.6) is 0 Å². The van der Waals surface area contributed by atoms with E-state index >= 15 is 0 Å². The van der Waals surface area contributed by atoms with Crippen molar-refractivity contribution in [2.75, 3.05) is 0 Å². The molecule has 2 nitrogen and oxygen atoms in total. The van der Waals surface area contributed by atoms with Crippen LogP contribution in [0.15, 0.2) is 11.4 Å². The van der Waals surface area contributed by atoms with Gasteiger partial charge in [0.25, 0.3) is 5.91 Å². The van der Waals surface area contributed by atoms with Gasteiger partial charge >= 0.3 is 0 Å². The molecule has 88 valence electrons. The molecule has 3 heteroatoms. The van der Waals surface area contributed by atoms with Crippen molar-refractivity contribution in [3.63, 3.8) is 0 Å². The highest BCUT2D eigenvalue weighted by molar-refractivity contribution is 7.12. The molecule has 2 rings (SSSR count). The Bertz CT molecular complexity index is 372. The number of aryl methyl sites for hydroxylation is 1. The number of thiophene rings is 1. The zero-order valence-corrected chi connectivity index (χ0v) is 10.8. The third kappa shape index (κ3) is 2.46. The molecule has 1 heterocycles. The Morgan fingerprint density at radius 1 is 1.44 bits per heavy atom. The Labute approximate surface area is 101 Å². The van der Waals surface area contributed by atoms with Crippen molar-refractivity contribution in [1.29, 1.82) is 0 Å². The highest BCUT2D eigenvalue weighted by Gasteiger charge is 2.23. The minimum atomic E-state index is 0.117. The van der Waals surface area contributed by atoms with Gasteiger partial charge in [0, 0.05) is 6.04 Å². The van der Waals surface area contributed by atoms with Gasteiger partial charge < -0.3 is 5.32 Å². The number of hydrogen-bond acceptors (Lipinski definition) is 2. The van der Waals surface area contributed by atoms with Crippen LogP contribution in [-0.2, 0) is 0 Å². The van der Waals surface area contributed by atoms with Crippen LogP contribution in [0, 0.1) is 12.8 Å². The third-order valence-electron chi connectivity index (χ3n) is 3.50. The van der Waals surface area contributed by atoms with Crippen LogP contribution < -0.4 is 5.32 Å². The van der Waals surface area contributed by atoms with E-state index in [1.807, 2.05) is 18.4 Å². The second-order valence-corrected chi connectivity index (χ2v) is 5.69. The molecule has 1 N–H and O–H groups in total. The summed E-state index contributed by atoms with van der Waals surface area (Å²) >= 11 is 1.54. The normalized spacial score (nSPS) is 25.4. The highest BCUT2D eigenvalue weighted by Crippen LogP contribution is 2.24. The van der Waals surface area contributed by atoms with Crippen molar-refractivity contribution < 1.29 is 4.79 Å². The lowest BCUT2D eigenvalue weighted by Crippen LogP contribution is -2.40. The van der Waals surface area contributed by atoms with Gasteiger partial charge in [-0.25, -0.2) is 0 Å². The maximum Gasteiger partial charge on any atom is 0.261 e. The van der Waals surface area contributed by atoms with Crippen LogP contribution in [-0.4, -0.2) is 11.9 Å². The van der Waals surface area contributed by atoms with Crippen LogP contribution in [0.2, 0.25) is 0 Å². The summed E-state index contributed by atoms with van der Waals surface area (Å²) in [5, 5.41) is 5.16. The molecule has 0 aromatic carbocycles. The smallest absolute Gasteiger partial charge is 0.261 e. The van der Waals surface area contributed by atoms with Crippen LogP contribution >= 0.6 is 11.3 Å². The number of nitrogens with one attached hydrogen (secondary N) is 1. The highest BCUT2D eigenvalue weighted by atomic mass is 32.1. The van der Waals surface area contributed by atoms with Crippen LogP contribution in [0.25, 0.3) is 0 Å². The standard InChI is InChI=1S/C13H19NOS/c1-9-5-3-4-6-11(9)14-13(15)12-10(2)7-8-16-12/h7-9,11H,3-6H2,1-2H3,(H,14,15)/t9-,11-/m0/s1. The molecule has 1 aromatic rings. The monoisotopic (exact) mass is 237 g/mol. The van der Waals surface area contributed by atoms with Gasteiger partial charge in [-0.15, -0.1) is 11.3 Å². The summed E-state index contributed by atoms with van der Waals surface area (Å²) in [6.45, 7) is 4.24. The van der Waals surface area contributed by atoms with Crippen molar-refractivity contribution in [3.8, 4) is 0 Å². The van der Waals surface area contributed by atoms with Crippen molar-refractivity contribution in [2.24, 2.45) is 5.92 Å². The first-order valence-corrected chi connectivity index (χ1v) is 6.91. The number of hydrogen-bond donors (Lipinski definition) is 1. The Kier molecular flexibility index (Phi) is 3.64. The molecular formula is C13H19NOS. The van der Waals surface area contributed by atoms with Crippen molar-refractivity contribution in [2.45, 2.75) is 45.6 Å². The van der Waals surface area contributed by atoms with E-state index < -0.39 is 0 Å². The predicted molar refractivity (Wildman–Crippen MR) is 67.9 cm³/mol. The third-order valence-corrected chi connectivity index (χ3v) is 4.51. The van der Waals surface area contributed by atoms with E-state index in [4.69, 9.17) is 0 Å². The second-order valence-electron chi connectivity index (χ2n) is 4.77. The minimum Gasteiger partial charge on any atom is -0.348 e. The molecule has 0 unspecified atom stereocenters. The summed E-state index contributed by atoms with van der Waals surface area (Å²) < 4.78 is 0. The quantitative estimate of drug-likeness (QED) is 0.839. The summed E-state index contributed by atoms with van der Waals surface area (Å²) in [4.78, 5) is 12.9. The molecular weight excluding hydrogens is 218 g/mol. The molecule has 1 fully saturated rings. The van der Waals surface area contributed by atoms with Gasteiger partial charge in [-0.1, -0.05) is 19.8 Å². The van der Waals surface area contributed by atoms with E-state index in [2.05, 4.69) is 12.2 Å².